The third kappa shape index (κ3) is 4.64. The minimum atomic E-state index is 1.07. The van der Waals surface area contributed by atoms with Gasteiger partial charge in [0.05, 0.1) is 0 Å². The zero-order valence-corrected chi connectivity index (χ0v) is 10.5. The molecule has 0 radical (unpaired) electrons. The van der Waals surface area contributed by atoms with Crippen molar-refractivity contribution in [1.29, 1.82) is 0 Å². The van der Waals surface area contributed by atoms with Crippen LogP contribution in [0.2, 0.25) is 0 Å². The van der Waals surface area contributed by atoms with Gasteiger partial charge < -0.3 is 4.74 Å². The Morgan fingerprint density at radius 3 is 1.76 bits per heavy atom. The van der Waals surface area contributed by atoms with Crippen LogP contribution in [0, 0.1) is 0 Å². The Morgan fingerprint density at radius 2 is 1.24 bits per heavy atom. The van der Waals surface area contributed by atoms with Crippen molar-refractivity contribution in [3.05, 3.63) is 48.0 Å². The fourth-order valence-electron chi connectivity index (χ4n) is 2.17. The van der Waals surface area contributed by atoms with Gasteiger partial charge in [-0.15, -0.1) is 0 Å². The molecule has 0 saturated carbocycles. The number of ether oxygens (including phenoxy) is 1. The van der Waals surface area contributed by atoms with E-state index in [0.717, 1.165) is 24.4 Å². The summed E-state index contributed by atoms with van der Waals surface area (Å²) < 4.78 is 6.02. The molecule has 0 bridgehead atoms. The van der Waals surface area contributed by atoms with Gasteiger partial charge in [0.1, 0.15) is 11.5 Å². The molecule has 1 nitrogen and oxygen atoms in total. The minimum Gasteiger partial charge on any atom is -0.466 e. The van der Waals surface area contributed by atoms with E-state index in [1.54, 1.807) is 0 Å². The molecule has 0 spiro atoms. The van der Waals surface area contributed by atoms with E-state index in [2.05, 4.69) is 36.5 Å². The van der Waals surface area contributed by atoms with Gasteiger partial charge in [-0.2, -0.15) is 0 Å². The van der Waals surface area contributed by atoms with Crippen LogP contribution in [0.1, 0.15) is 51.4 Å². The topological polar surface area (TPSA) is 9.23 Å². The molecule has 0 N–H and O–H groups in total. The first-order valence-electron chi connectivity index (χ1n) is 6.84. The largest absolute Gasteiger partial charge is 0.466 e. The molecule has 0 amide bonds. The molecular formula is C16H22O. The third-order valence-electron chi connectivity index (χ3n) is 3.19. The summed E-state index contributed by atoms with van der Waals surface area (Å²) in [4.78, 5) is 0. The molecule has 0 atom stereocenters. The van der Waals surface area contributed by atoms with E-state index in [0.29, 0.717) is 0 Å². The van der Waals surface area contributed by atoms with Gasteiger partial charge in [0.25, 0.3) is 0 Å². The van der Waals surface area contributed by atoms with Crippen molar-refractivity contribution in [2.75, 3.05) is 0 Å². The van der Waals surface area contributed by atoms with Crippen molar-refractivity contribution in [3.63, 3.8) is 0 Å². The van der Waals surface area contributed by atoms with Gasteiger partial charge in [-0.25, -0.2) is 0 Å². The van der Waals surface area contributed by atoms with Gasteiger partial charge in [0.2, 0.25) is 0 Å². The maximum atomic E-state index is 6.02. The SMILES string of the molecule is C1=CCCCCC(OC2=CC=CCCCC2)=C1. The molecule has 0 aromatic carbocycles. The molecule has 2 aliphatic carbocycles. The Labute approximate surface area is 105 Å². The van der Waals surface area contributed by atoms with E-state index >= 15 is 0 Å². The van der Waals surface area contributed by atoms with E-state index in [4.69, 9.17) is 4.74 Å². The van der Waals surface area contributed by atoms with Crippen LogP contribution in [-0.4, -0.2) is 0 Å². The second-order valence-corrected chi connectivity index (χ2v) is 4.72. The van der Waals surface area contributed by atoms with Crippen LogP contribution in [0.3, 0.4) is 0 Å². The third-order valence-corrected chi connectivity index (χ3v) is 3.19. The highest BCUT2D eigenvalue weighted by molar-refractivity contribution is 5.15. The summed E-state index contributed by atoms with van der Waals surface area (Å²) in [5.41, 5.74) is 0. The summed E-state index contributed by atoms with van der Waals surface area (Å²) in [5, 5.41) is 0. The van der Waals surface area contributed by atoms with Gasteiger partial charge in [0, 0.05) is 12.8 Å². The molecule has 92 valence electrons. The molecule has 2 aliphatic rings. The lowest BCUT2D eigenvalue weighted by Crippen LogP contribution is -1.96. The summed E-state index contributed by atoms with van der Waals surface area (Å²) in [6, 6.07) is 0. The Morgan fingerprint density at radius 1 is 0.706 bits per heavy atom. The van der Waals surface area contributed by atoms with E-state index in [1.807, 2.05) is 0 Å². The lowest BCUT2D eigenvalue weighted by Gasteiger charge is -2.14. The number of rotatable bonds is 2. The highest BCUT2D eigenvalue weighted by atomic mass is 16.5. The lowest BCUT2D eigenvalue weighted by molar-refractivity contribution is 0.271. The molecule has 17 heavy (non-hydrogen) atoms. The van der Waals surface area contributed by atoms with Crippen LogP contribution in [0.4, 0.5) is 0 Å². The monoisotopic (exact) mass is 230 g/mol. The van der Waals surface area contributed by atoms with Crippen molar-refractivity contribution in [3.8, 4) is 0 Å². The van der Waals surface area contributed by atoms with Gasteiger partial charge in [-0.3, -0.25) is 0 Å². The first-order valence-corrected chi connectivity index (χ1v) is 6.84. The highest BCUT2D eigenvalue weighted by Crippen LogP contribution is 2.21. The summed E-state index contributed by atoms with van der Waals surface area (Å²) in [5.74, 6) is 2.25. The summed E-state index contributed by atoms with van der Waals surface area (Å²) >= 11 is 0. The van der Waals surface area contributed by atoms with Crippen LogP contribution in [0.5, 0.6) is 0 Å². The van der Waals surface area contributed by atoms with Crippen LogP contribution in [0.25, 0.3) is 0 Å². The van der Waals surface area contributed by atoms with Crippen LogP contribution < -0.4 is 0 Å². The number of hydrogen-bond donors (Lipinski definition) is 0. The molecule has 2 rings (SSSR count). The van der Waals surface area contributed by atoms with Crippen molar-refractivity contribution >= 4 is 0 Å². The second kappa shape index (κ2) is 7.16. The highest BCUT2D eigenvalue weighted by Gasteiger charge is 2.05. The summed E-state index contributed by atoms with van der Waals surface area (Å²) in [6.07, 6.45) is 22.6. The zero-order valence-electron chi connectivity index (χ0n) is 10.5. The molecule has 0 saturated heterocycles. The van der Waals surface area contributed by atoms with Crippen LogP contribution in [0.15, 0.2) is 48.0 Å². The van der Waals surface area contributed by atoms with E-state index in [1.165, 1.54) is 38.5 Å². The molecule has 0 unspecified atom stereocenters. The van der Waals surface area contributed by atoms with Crippen LogP contribution in [-0.2, 0) is 4.74 Å². The Balaban J connectivity index is 1.97. The Kier molecular flexibility index (Phi) is 5.15. The Hall–Kier alpha value is -1.24. The van der Waals surface area contributed by atoms with Gasteiger partial charge >= 0.3 is 0 Å². The molecule has 1 heteroatoms. The maximum absolute atomic E-state index is 6.02. The smallest absolute Gasteiger partial charge is 0.104 e. The minimum absolute atomic E-state index is 1.07. The predicted octanol–water partition coefficient (Wildman–Crippen LogP) is 5.03. The van der Waals surface area contributed by atoms with E-state index < -0.39 is 0 Å². The predicted molar refractivity (Wildman–Crippen MR) is 72.5 cm³/mol. The van der Waals surface area contributed by atoms with Gasteiger partial charge in [0.15, 0.2) is 0 Å². The quantitative estimate of drug-likeness (QED) is 0.646. The van der Waals surface area contributed by atoms with Gasteiger partial charge in [-0.1, -0.05) is 24.3 Å². The van der Waals surface area contributed by atoms with E-state index in [9.17, 15) is 0 Å². The average molecular weight is 230 g/mol. The fourth-order valence-corrected chi connectivity index (χ4v) is 2.17. The van der Waals surface area contributed by atoms with Crippen LogP contribution >= 0.6 is 0 Å². The first kappa shape index (κ1) is 12.2. The van der Waals surface area contributed by atoms with Crippen molar-refractivity contribution < 1.29 is 4.74 Å². The van der Waals surface area contributed by atoms with Crippen molar-refractivity contribution in [1.82, 2.24) is 0 Å². The molecule has 0 aromatic heterocycles. The lowest BCUT2D eigenvalue weighted by atomic mass is 10.1. The molecule has 0 aromatic rings. The summed E-state index contributed by atoms with van der Waals surface area (Å²) in [6.45, 7) is 0. The second-order valence-electron chi connectivity index (χ2n) is 4.72. The average Bonchev–Trinajstić information content (AvgIpc) is 2.24. The standard InChI is InChI=1S/C16H22O/c1-3-7-11-15(12-8-4-1)17-16-13-9-5-2-6-10-14-16/h3,5,7,9,11,13H,1-2,4,6,8,10,12,14H2. The molecule has 0 heterocycles. The fraction of sp³-hybridized carbons (Fsp3) is 0.500. The number of allylic oxidation sites excluding steroid dienone is 8. The first-order chi connectivity index (χ1) is 8.45. The molecule has 0 aliphatic heterocycles. The van der Waals surface area contributed by atoms with Crippen molar-refractivity contribution in [2.24, 2.45) is 0 Å². The van der Waals surface area contributed by atoms with Crippen molar-refractivity contribution in [2.45, 2.75) is 51.4 Å². The number of hydrogen-bond acceptors (Lipinski definition) is 1. The summed E-state index contributed by atoms with van der Waals surface area (Å²) in [7, 11) is 0. The van der Waals surface area contributed by atoms with E-state index in [-0.39, 0.29) is 0 Å². The molecular weight excluding hydrogens is 208 g/mol. The van der Waals surface area contributed by atoms with Gasteiger partial charge in [-0.05, 0) is 50.7 Å². The zero-order chi connectivity index (χ0) is 11.8. The Bertz CT molecular complexity index is 311. The normalized spacial score (nSPS) is 21.6. The maximum Gasteiger partial charge on any atom is 0.104 e. The molecule has 0 fully saturated rings.